The number of benzene rings is 1. The van der Waals surface area contributed by atoms with Gasteiger partial charge in [0.15, 0.2) is 0 Å². The molecule has 0 saturated heterocycles. The summed E-state index contributed by atoms with van der Waals surface area (Å²) >= 11 is 0. The highest BCUT2D eigenvalue weighted by Gasteiger charge is 2.10. The number of hydrogen-bond acceptors (Lipinski definition) is 2. The Morgan fingerprint density at radius 3 is 1.14 bits per heavy atom. The molecule has 0 radical (unpaired) electrons. The zero-order valence-corrected chi connectivity index (χ0v) is 23.7. The summed E-state index contributed by atoms with van der Waals surface area (Å²) < 4.78 is 0. The highest BCUT2D eigenvalue weighted by molar-refractivity contribution is 5.99. The van der Waals surface area contributed by atoms with Gasteiger partial charge in [-0.3, -0.25) is 9.59 Å². The van der Waals surface area contributed by atoms with Crippen LogP contribution in [0.3, 0.4) is 0 Å². The van der Waals surface area contributed by atoms with Crippen molar-refractivity contribution < 1.29 is 9.59 Å². The maximum absolute atomic E-state index is 12.5. The Balaban J connectivity index is 2.10. The highest BCUT2D eigenvalue weighted by Crippen LogP contribution is 2.12. The number of carbonyl (C=O) groups excluding carboxylic acids is 2. The third kappa shape index (κ3) is 17.6. The average molecular weight is 501 g/mol. The van der Waals surface area contributed by atoms with E-state index in [0.29, 0.717) is 24.2 Å². The molecule has 0 spiro atoms. The largest absolute Gasteiger partial charge is 0.352 e. The Bertz CT molecular complexity index is 621. The van der Waals surface area contributed by atoms with Gasteiger partial charge in [0.2, 0.25) is 0 Å². The summed E-state index contributed by atoms with van der Waals surface area (Å²) in [5, 5.41) is 6.02. The topological polar surface area (TPSA) is 58.2 Å². The number of nitrogens with one attached hydrogen (secondary N) is 2. The molecule has 2 amide bonds. The molecule has 0 atom stereocenters. The summed E-state index contributed by atoms with van der Waals surface area (Å²) in [4.78, 5) is 25.0. The lowest BCUT2D eigenvalue weighted by atomic mass is 10.1. The van der Waals surface area contributed by atoms with Crippen molar-refractivity contribution in [2.24, 2.45) is 0 Å². The van der Waals surface area contributed by atoms with Crippen LogP contribution in [-0.4, -0.2) is 24.9 Å². The van der Waals surface area contributed by atoms with Gasteiger partial charge < -0.3 is 10.6 Å². The van der Waals surface area contributed by atoms with Crippen LogP contribution < -0.4 is 10.6 Å². The predicted molar refractivity (Wildman–Crippen MR) is 155 cm³/mol. The molecule has 4 nitrogen and oxygen atoms in total. The lowest BCUT2D eigenvalue weighted by Crippen LogP contribution is -2.26. The van der Waals surface area contributed by atoms with Crippen molar-refractivity contribution in [3.05, 3.63) is 35.4 Å². The molecule has 2 N–H and O–H groups in total. The summed E-state index contributed by atoms with van der Waals surface area (Å²) in [6.45, 7) is 5.91. The lowest BCUT2D eigenvalue weighted by molar-refractivity contribution is 0.0952. The third-order valence-corrected chi connectivity index (χ3v) is 7.02. The van der Waals surface area contributed by atoms with E-state index >= 15 is 0 Å². The van der Waals surface area contributed by atoms with Gasteiger partial charge in [-0.2, -0.15) is 0 Å². The van der Waals surface area contributed by atoms with Crippen molar-refractivity contribution in [2.45, 2.75) is 142 Å². The molecule has 0 aliphatic heterocycles. The molecule has 1 rings (SSSR count). The van der Waals surface area contributed by atoms with Crippen molar-refractivity contribution in [1.29, 1.82) is 0 Å². The van der Waals surface area contributed by atoms with Crippen molar-refractivity contribution in [3.8, 4) is 0 Å². The van der Waals surface area contributed by atoms with E-state index in [0.717, 1.165) is 25.7 Å². The van der Waals surface area contributed by atoms with Gasteiger partial charge >= 0.3 is 0 Å². The maximum atomic E-state index is 12.5. The minimum absolute atomic E-state index is 0.0877. The van der Waals surface area contributed by atoms with Crippen LogP contribution >= 0.6 is 0 Å². The zero-order chi connectivity index (χ0) is 26.1. The molecule has 0 aliphatic rings. The molecule has 0 saturated carbocycles. The number of carbonyl (C=O) groups is 2. The minimum atomic E-state index is -0.0877. The molecule has 0 bridgehead atoms. The standard InChI is InChI=1S/C32H56N2O2/c1-3-5-7-9-11-13-15-17-19-21-26-33-31(35)29-24-23-25-30(28-29)32(36)34-27-22-20-18-16-14-12-10-8-6-4-2/h23-25,28H,3-22,26-27H2,1-2H3,(H,33,35)(H,34,36). The number of amides is 2. The molecule has 0 heterocycles. The first-order valence-electron chi connectivity index (χ1n) is 15.4. The van der Waals surface area contributed by atoms with Crippen LogP contribution in [-0.2, 0) is 0 Å². The van der Waals surface area contributed by atoms with Gasteiger partial charge in [-0.05, 0) is 31.0 Å². The monoisotopic (exact) mass is 500 g/mol. The first-order chi connectivity index (χ1) is 17.7. The molecule has 0 fully saturated rings. The van der Waals surface area contributed by atoms with Crippen LogP contribution in [0, 0.1) is 0 Å². The van der Waals surface area contributed by atoms with Gasteiger partial charge in [0.1, 0.15) is 0 Å². The molecule has 0 aliphatic carbocycles. The fourth-order valence-corrected chi connectivity index (χ4v) is 4.63. The average Bonchev–Trinajstić information content (AvgIpc) is 2.90. The van der Waals surface area contributed by atoms with Gasteiger partial charge in [0, 0.05) is 24.2 Å². The summed E-state index contributed by atoms with van der Waals surface area (Å²) in [5.41, 5.74) is 1.13. The second-order valence-electron chi connectivity index (χ2n) is 10.5. The molecule has 1 aromatic rings. The van der Waals surface area contributed by atoms with Gasteiger partial charge in [-0.15, -0.1) is 0 Å². The highest BCUT2D eigenvalue weighted by atomic mass is 16.2. The fraction of sp³-hybridized carbons (Fsp3) is 0.750. The summed E-state index contributed by atoms with van der Waals surface area (Å²) in [6, 6.07) is 7.08. The molecular formula is C32H56N2O2. The van der Waals surface area contributed by atoms with E-state index < -0.39 is 0 Å². The Kier molecular flexibility index (Phi) is 21.1. The molecule has 206 valence electrons. The van der Waals surface area contributed by atoms with E-state index in [-0.39, 0.29) is 11.8 Å². The van der Waals surface area contributed by atoms with Crippen LogP contribution in [0.1, 0.15) is 163 Å². The van der Waals surface area contributed by atoms with Crippen LogP contribution in [0.4, 0.5) is 0 Å². The fourth-order valence-electron chi connectivity index (χ4n) is 4.63. The zero-order valence-electron chi connectivity index (χ0n) is 23.7. The molecule has 1 aromatic carbocycles. The Labute approximate surface area is 222 Å². The third-order valence-electron chi connectivity index (χ3n) is 7.02. The number of hydrogen-bond donors (Lipinski definition) is 2. The van der Waals surface area contributed by atoms with Gasteiger partial charge in [-0.1, -0.05) is 135 Å². The molecule has 0 unspecified atom stereocenters. The molecular weight excluding hydrogens is 444 g/mol. The van der Waals surface area contributed by atoms with Crippen molar-refractivity contribution >= 4 is 11.8 Å². The van der Waals surface area contributed by atoms with Gasteiger partial charge in [-0.25, -0.2) is 0 Å². The minimum Gasteiger partial charge on any atom is -0.352 e. The summed E-state index contributed by atoms with van der Waals surface area (Å²) in [6.07, 6.45) is 25.7. The first-order valence-corrected chi connectivity index (χ1v) is 15.4. The Morgan fingerprint density at radius 2 is 0.806 bits per heavy atom. The summed E-state index contributed by atoms with van der Waals surface area (Å²) in [7, 11) is 0. The second-order valence-corrected chi connectivity index (χ2v) is 10.5. The van der Waals surface area contributed by atoms with Gasteiger partial charge in [0.05, 0.1) is 0 Å². The quantitative estimate of drug-likeness (QED) is 0.139. The molecule has 36 heavy (non-hydrogen) atoms. The maximum Gasteiger partial charge on any atom is 0.251 e. The second kappa shape index (κ2) is 23.6. The predicted octanol–water partition coefficient (Wildman–Crippen LogP) is 8.99. The Morgan fingerprint density at radius 1 is 0.500 bits per heavy atom. The SMILES string of the molecule is CCCCCCCCCCCCNC(=O)c1cccc(C(=O)NCCCCCCCCCCCC)c1. The van der Waals surface area contributed by atoms with E-state index in [1.165, 1.54) is 103 Å². The van der Waals surface area contributed by atoms with Crippen molar-refractivity contribution in [1.82, 2.24) is 10.6 Å². The van der Waals surface area contributed by atoms with E-state index in [1.807, 2.05) is 0 Å². The number of unbranched alkanes of at least 4 members (excludes halogenated alkanes) is 18. The summed E-state index contributed by atoms with van der Waals surface area (Å²) in [5.74, 6) is -0.175. The molecule has 0 aromatic heterocycles. The number of rotatable bonds is 24. The van der Waals surface area contributed by atoms with Gasteiger partial charge in [0.25, 0.3) is 11.8 Å². The van der Waals surface area contributed by atoms with E-state index in [4.69, 9.17) is 0 Å². The van der Waals surface area contributed by atoms with Crippen LogP contribution in [0.25, 0.3) is 0 Å². The first kappa shape index (κ1) is 32.2. The molecule has 4 heteroatoms. The smallest absolute Gasteiger partial charge is 0.251 e. The lowest BCUT2D eigenvalue weighted by Gasteiger charge is -2.08. The normalized spacial score (nSPS) is 10.9. The van der Waals surface area contributed by atoms with Crippen LogP contribution in [0.2, 0.25) is 0 Å². The van der Waals surface area contributed by atoms with E-state index in [1.54, 1.807) is 24.3 Å². The van der Waals surface area contributed by atoms with Crippen LogP contribution in [0.15, 0.2) is 24.3 Å². The van der Waals surface area contributed by atoms with Crippen molar-refractivity contribution in [3.63, 3.8) is 0 Å². The van der Waals surface area contributed by atoms with Crippen LogP contribution in [0.5, 0.6) is 0 Å². The Hall–Kier alpha value is -1.84. The van der Waals surface area contributed by atoms with E-state index in [9.17, 15) is 9.59 Å². The van der Waals surface area contributed by atoms with Crippen molar-refractivity contribution in [2.75, 3.05) is 13.1 Å². The van der Waals surface area contributed by atoms with E-state index in [2.05, 4.69) is 24.5 Å².